The number of aromatic nitrogens is 3. The molecule has 2 aromatic heterocycles. The van der Waals surface area contributed by atoms with Gasteiger partial charge in [-0.25, -0.2) is 4.98 Å². The fourth-order valence-electron chi connectivity index (χ4n) is 8.07. The van der Waals surface area contributed by atoms with Crippen molar-refractivity contribution in [3.63, 3.8) is 0 Å². The molecule has 0 radical (unpaired) electrons. The van der Waals surface area contributed by atoms with Crippen LogP contribution in [0, 0.1) is 17.8 Å². The minimum Gasteiger partial charge on any atom is -0.494 e. The first kappa shape index (κ1) is 28.6. The van der Waals surface area contributed by atoms with Crippen LogP contribution in [0.4, 0.5) is 0 Å². The Morgan fingerprint density at radius 1 is 0.956 bits per heavy atom. The van der Waals surface area contributed by atoms with Gasteiger partial charge in [-0.05, 0) is 86.5 Å². The molecular weight excluding hydrogens is 562 g/mol. The molecule has 2 aromatic carbocycles. The normalized spacial score (nSPS) is 23.3. The number of aryl methyl sites for hydroxylation is 1. The van der Waals surface area contributed by atoms with Crippen molar-refractivity contribution in [3.8, 4) is 17.3 Å². The van der Waals surface area contributed by atoms with Crippen molar-refractivity contribution in [2.45, 2.75) is 70.8 Å². The van der Waals surface area contributed by atoms with E-state index in [0.29, 0.717) is 35.0 Å². The van der Waals surface area contributed by atoms with Crippen molar-refractivity contribution in [2.24, 2.45) is 24.8 Å². The van der Waals surface area contributed by atoms with Gasteiger partial charge in [-0.1, -0.05) is 31.5 Å². The highest BCUT2D eigenvalue weighted by Gasteiger charge is 2.40. The van der Waals surface area contributed by atoms with E-state index >= 15 is 0 Å². The molecule has 2 aliphatic carbocycles. The Morgan fingerprint density at radius 2 is 1.76 bits per heavy atom. The molecule has 1 atom stereocenters. The first-order chi connectivity index (χ1) is 21.9. The van der Waals surface area contributed by atoms with Crippen LogP contribution in [0.5, 0.6) is 5.75 Å². The van der Waals surface area contributed by atoms with Gasteiger partial charge in [0.1, 0.15) is 11.3 Å². The molecule has 0 spiro atoms. The number of imidazole rings is 1. The number of benzene rings is 2. The molecule has 8 nitrogen and oxygen atoms in total. The van der Waals surface area contributed by atoms with E-state index in [1.807, 2.05) is 21.9 Å². The van der Waals surface area contributed by atoms with Gasteiger partial charge in [-0.3, -0.25) is 9.59 Å². The minimum absolute atomic E-state index is 0.0689. The maximum atomic E-state index is 13.7. The molecule has 236 valence electrons. The fourth-order valence-corrected chi connectivity index (χ4v) is 8.07. The lowest BCUT2D eigenvalue weighted by Crippen LogP contribution is -2.48. The van der Waals surface area contributed by atoms with E-state index in [1.54, 1.807) is 7.11 Å². The third-order valence-corrected chi connectivity index (χ3v) is 11.2. The van der Waals surface area contributed by atoms with E-state index in [1.165, 1.54) is 35.7 Å². The van der Waals surface area contributed by atoms with E-state index in [2.05, 4.69) is 47.4 Å². The molecule has 2 amide bonds. The number of amides is 2. The van der Waals surface area contributed by atoms with E-state index in [4.69, 9.17) is 9.72 Å². The molecule has 4 aliphatic rings. The van der Waals surface area contributed by atoms with Crippen LogP contribution in [0.25, 0.3) is 33.5 Å². The van der Waals surface area contributed by atoms with Crippen LogP contribution < -0.4 is 4.74 Å². The lowest BCUT2D eigenvalue weighted by molar-refractivity contribution is -0.142. The van der Waals surface area contributed by atoms with Crippen molar-refractivity contribution in [1.82, 2.24) is 23.9 Å². The molecule has 45 heavy (non-hydrogen) atoms. The zero-order chi connectivity index (χ0) is 30.8. The second kappa shape index (κ2) is 11.2. The summed E-state index contributed by atoms with van der Waals surface area (Å²) in [7, 11) is 3.74. The van der Waals surface area contributed by atoms with E-state index in [0.717, 1.165) is 87.4 Å². The molecular formula is C37H45N5O3. The van der Waals surface area contributed by atoms with Crippen LogP contribution in [-0.4, -0.2) is 69.0 Å². The maximum Gasteiger partial charge on any atom is 0.254 e. The third-order valence-electron chi connectivity index (χ3n) is 11.2. The summed E-state index contributed by atoms with van der Waals surface area (Å²) >= 11 is 0. The van der Waals surface area contributed by atoms with Gasteiger partial charge in [0, 0.05) is 56.6 Å². The molecule has 4 fully saturated rings. The average molecular weight is 608 g/mol. The van der Waals surface area contributed by atoms with Crippen LogP contribution in [-0.2, 0) is 18.4 Å². The van der Waals surface area contributed by atoms with Crippen LogP contribution in [0.1, 0.15) is 80.1 Å². The van der Waals surface area contributed by atoms with Gasteiger partial charge in [0.25, 0.3) is 5.91 Å². The Hall–Kier alpha value is -3.81. The van der Waals surface area contributed by atoms with Gasteiger partial charge in [0.2, 0.25) is 5.91 Å². The van der Waals surface area contributed by atoms with E-state index < -0.39 is 0 Å². The van der Waals surface area contributed by atoms with Gasteiger partial charge in [-0.2, -0.15) is 0 Å². The first-order valence-electron chi connectivity index (χ1n) is 17.2. The number of hydrogen-bond donors (Lipinski definition) is 0. The number of piperidine rings is 1. The zero-order valence-electron chi connectivity index (χ0n) is 26.9. The largest absolute Gasteiger partial charge is 0.494 e. The maximum absolute atomic E-state index is 13.7. The number of nitrogens with zero attached hydrogens (tertiary/aromatic N) is 5. The standard InChI is InChI=1S/C37H45N5O3/c1-4-23-8-6-13-41(21-23)37(44)28-18-30-34(32(20-28)45-3)39(2)35(38-30)31-19-25-9-5-10-29(33(25)42(31)22-24-11-12-24)26-16-27(17-26)36(43)40-14-7-15-40/h5,9-10,18-20,23-24,26-27H,4,6-8,11-17,21-22H2,1-3H3/t23-,26?,27?/m1/s1. The smallest absolute Gasteiger partial charge is 0.254 e. The molecule has 4 aromatic rings. The third kappa shape index (κ3) is 4.92. The van der Waals surface area contributed by atoms with E-state index in [9.17, 15) is 9.59 Å². The second-order valence-corrected chi connectivity index (χ2v) is 14.1. The summed E-state index contributed by atoms with van der Waals surface area (Å²) in [4.78, 5) is 35.9. The molecule has 8 heteroatoms. The molecule has 2 saturated heterocycles. The lowest BCUT2D eigenvalue weighted by Gasteiger charge is -2.41. The Bertz CT molecular complexity index is 1790. The number of rotatable bonds is 8. The summed E-state index contributed by atoms with van der Waals surface area (Å²) in [5.41, 5.74) is 6.10. The van der Waals surface area contributed by atoms with Crippen LogP contribution in [0.2, 0.25) is 0 Å². The first-order valence-corrected chi connectivity index (χ1v) is 17.2. The Balaban J connectivity index is 1.18. The van der Waals surface area contributed by atoms with Crippen molar-refractivity contribution in [3.05, 3.63) is 47.5 Å². The zero-order valence-corrected chi connectivity index (χ0v) is 26.9. The van der Waals surface area contributed by atoms with Crippen molar-refractivity contribution in [1.29, 1.82) is 0 Å². The van der Waals surface area contributed by atoms with Crippen molar-refractivity contribution >= 4 is 33.8 Å². The number of carbonyl (C=O) groups is 2. The number of fused-ring (bicyclic) bond motifs is 2. The number of methoxy groups -OCH3 is 1. The summed E-state index contributed by atoms with van der Waals surface area (Å²) < 4.78 is 10.5. The molecule has 4 heterocycles. The number of hydrogen-bond acceptors (Lipinski definition) is 4. The summed E-state index contributed by atoms with van der Waals surface area (Å²) in [6.07, 6.45) is 8.89. The molecule has 2 saturated carbocycles. The highest BCUT2D eigenvalue weighted by atomic mass is 16.5. The molecule has 0 N–H and O–H groups in total. The van der Waals surface area contributed by atoms with Gasteiger partial charge in [0.05, 0.1) is 23.8 Å². The molecule has 2 aliphatic heterocycles. The van der Waals surface area contributed by atoms with Crippen LogP contribution >= 0.6 is 0 Å². The number of ether oxygens (including phenoxy) is 1. The molecule has 0 bridgehead atoms. The predicted octanol–water partition coefficient (Wildman–Crippen LogP) is 6.60. The highest BCUT2D eigenvalue weighted by molar-refractivity contribution is 6.00. The quantitative estimate of drug-likeness (QED) is 0.226. The Morgan fingerprint density at radius 3 is 2.47 bits per heavy atom. The number of para-hydroxylation sites is 1. The van der Waals surface area contributed by atoms with Crippen molar-refractivity contribution < 1.29 is 14.3 Å². The van der Waals surface area contributed by atoms with Crippen LogP contribution in [0.3, 0.4) is 0 Å². The second-order valence-electron chi connectivity index (χ2n) is 14.1. The minimum atomic E-state index is 0.0689. The lowest BCUT2D eigenvalue weighted by atomic mass is 9.70. The van der Waals surface area contributed by atoms with E-state index in [-0.39, 0.29) is 11.8 Å². The van der Waals surface area contributed by atoms with Gasteiger partial charge >= 0.3 is 0 Å². The highest BCUT2D eigenvalue weighted by Crippen LogP contribution is 2.47. The predicted molar refractivity (Wildman–Crippen MR) is 177 cm³/mol. The van der Waals surface area contributed by atoms with Crippen molar-refractivity contribution in [2.75, 3.05) is 33.3 Å². The van der Waals surface area contributed by atoms with Crippen LogP contribution in [0.15, 0.2) is 36.4 Å². The summed E-state index contributed by atoms with van der Waals surface area (Å²) in [5, 5.41) is 1.23. The number of likely N-dealkylation sites (tertiary alicyclic amines) is 2. The Kier molecular flexibility index (Phi) is 7.14. The van der Waals surface area contributed by atoms with Gasteiger partial charge < -0.3 is 23.7 Å². The summed E-state index contributed by atoms with van der Waals surface area (Å²) in [6.45, 7) is 6.67. The van der Waals surface area contributed by atoms with Gasteiger partial charge in [-0.15, -0.1) is 0 Å². The topological polar surface area (TPSA) is 72.6 Å². The average Bonchev–Trinajstić information content (AvgIpc) is 3.67. The SMILES string of the molecule is CC[C@@H]1CCCN(C(=O)c2cc(OC)c3c(c2)nc(-c2cc4cccc(C5CC(C(=O)N6CCC6)C5)c4n2CC2CC2)n3C)C1. The summed E-state index contributed by atoms with van der Waals surface area (Å²) in [6, 6.07) is 12.8. The fraction of sp³-hybridized carbons (Fsp3) is 0.541. The summed E-state index contributed by atoms with van der Waals surface area (Å²) in [5.74, 6) is 3.81. The number of carbonyl (C=O) groups excluding carboxylic acids is 2. The Labute approximate surface area is 265 Å². The molecule has 8 rings (SSSR count). The molecule has 0 unspecified atom stereocenters. The monoisotopic (exact) mass is 607 g/mol. The van der Waals surface area contributed by atoms with Gasteiger partial charge in [0.15, 0.2) is 5.82 Å².